The Morgan fingerprint density at radius 3 is 2.07 bits per heavy atom. The predicted molar refractivity (Wildman–Crippen MR) is 128 cm³/mol. The highest BCUT2D eigenvalue weighted by Gasteiger charge is 2.59. The summed E-state index contributed by atoms with van der Waals surface area (Å²) in [7, 11) is -3.93. The summed E-state index contributed by atoms with van der Waals surface area (Å²) in [5.41, 5.74) is 0. The van der Waals surface area contributed by atoms with Gasteiger partial charge in [0.1, 0.15) is 0 Å². The third-order valence-corrected chi connectivity index (χ3v) is 17.8. The van der Waals surface area contributed by atoms with Crippen LogP contribution in [0.15, 0.2) is 10.6 Å². The zero-order valence-corrected chi connectivity index (χ0v) is 23.4. The molecule has 1 N–H and O–H groups in total. The van der Waals surface area contributed by atoms with Crippen molar-refractivity contribution in [3.8, 4) is 0 Å². The van der Waals surface area contributed by atoms with Crippen molar-refractivity contribution >= 4 is 38.4 Å². The quantitative estimate of drug-likeness (QED) is 0.356. The van der Waals surface area contributed by atoms with Crippen molar-refractivity contribution in [1.29, 1.82) is 0 Å². The van der Waals surface area contributed by atoms with Gasteiger partial charge in [-0.15, -0.1) is 0 Å². The van der Waals surface area contributed by atoms with Crippen LogP contribution < -0.4 is 0 Å². The number of halogens is 1. The molecule has 0 aliphatic carbocycles. The Hall–Kier alpha value is 0.0438. The first kappa shape index (κ1) is 26.1. The van der Waals surface area contributed by atoms with Crippen molar-refractivity contribution < 1.29 is 14.3 Å². The summed E-state index contributed by atoms with van der Waals surface area (Å²) in [5, 5.41) is 9.56. The molecule has 0 bridgehead atoms. The second-order valence-corrected chi connectivity index (χ2v) is 22.1. The molecular formula is C21H42BrNO3Si2. The molecule has 1 fully saturated rings. The molecule has 28 heavy (non-hydrogen) atoms. The second kappa shape index (κ2) is 8.65. The molecule has 0 radical (unpaired) electrons. The maximum absolute atomic E-state index is 13.4. The van der Waals surface area contributed by atoms with Gasteiger partial charge >= 0.3 is 0 Å². The molecule has 164 valence electrons. The van der Waals surface area contributed by atoms with E-state index in [1.165, 1.54) is 0 Å². The smallest absolute Gasteiger partial charge is 0.222 e. The normalized spacial score (nSPS) is 23.7. The van der Waals surface area contributed by atoms with E-state index < -0.39 is 16.6 Å². The first-order valence-electron chi connectivity index (χ1n) is 10.3. The van der Waals surface area contributed by atoms with Crippen LogP contribution in [0.25, 0.3) is 0 Å². The first-order chi connectivity index (χ1) is 12.4. The van der Waals surface area contributed by atoms with Gasteiger partial charge in [0, 0.05) is 10.5 Å². The lowest BCUT2D eigenvalue weighted by Crippen LogP contribution is -2.74. The van der Waals surface area contributed by atoms with E-state index in [0.29, 0.717) is 0 Å². The minimum atomic E-state index is -1.98. The Kier molecular flexibility index (Phi) is 8.06. The highest BCUT2D eigenvalue weighted by Crippen LogP contribution is 2.48. The molecule has 0 unspecified atom stereocenters. The Bertz CT molecular complexity index is 606. The highest BCUT2D eigenvalue weighted by molar-refractivity contribution is 9.11. The average Bonchev–Trinajstić information content (AvgIpc) is 2.47. The first-order valence-corrected chi connectivity index (χ1v) is 17.0. The van der Waals surface area contributed by atoms with Crippen molar-refractivity contribution in [3.05, 3.63) is 10.6 Å². The Morgan fingerprint density at radius 1 is 1.18 bits per heavy atom. The lowest BCUT2D eigenvalue weighted by Gasteiger charge is -2.60. The number of carbonyl (C=O) groups excluding carboxylic acids is 1. The van der Waals surface area contributed by atoms with Gasteiger partial charge < -0.3 is 14.1 Å². The molecular weight excluding hydrogens is 450 g/mol. The standard InChI is InChI=1S/C21H42BrNO3Si2/c1-15(26-28(10,11)21(5,6)7)18-17(13-12-16(22)14-24)23(19(18)25)27(8,9)20(2,3)4/h12,15,17-18,24H,13-14H2,1-11H3/b16-12-/t15-,17-,18-/m1/s1. The van der Waals surface area contributed by atoms with Crippen LogP contribution in [0.2, 0.25) is 36.3 Å². The fourth-order valence-electron chi connectivity index (χ4n) is 3.41. The molecule has 0 saturated carbocycles. The summed E-state index contributed by atoms with van der Waals surface area (Å²) in [6, 6.07) is 0.132. The fourth-order valence-corrected chi connectivity index (χ4v) is 7.55. The number of hydrogen-bond acceptors (Lipinski definition) is 3. The van der Waals surface area contributed by atoms with Crippen molar-refractivity contribution in [2.24, 2.45) is 5.92 Å². The Labute approximate surface area is 183 Å². The van der Waals surface area contributed by atoms with Gasteiger partial charge in [-0.05, 0) is 36.5 Å². The van der Waals surface area contributed by atoms with Crippen LogP contribution in [0.5, 0.6) is 0 Å². The summed E-state index contributed by atoms with van der Waals surface area (Å²) >= 11 is 3.41. The van der Waals surface area contributed by atoms with E-state index in [-0.39, 0.29) is 40.7 Å². The Balaban J connectivity index is 3.19. The SMILES string of the molecule is C[C@@H](O[Si](C)(C)C(C)(C)C)[C@H]1C(=O)N([Si](C)(C)C(C)(C)C)[C@@H]1C/C=C(\Br)CO. The maximum atomic E-state index is 13.4. The third kappa shape index (κ3) is 5.20. The zero-order valence-electron chi connectivity index (χ0n) is 19.8. The third-order valence-electron chi connectivity index (χ3n) is 7.23. The summed E-state index contributed by atoms with van der Waals surface area (Å²) in [6.07, 6.45) is 2.67. The summed E-state index contributed by atoms with van der Waals surface area (Å²) in [5.74, 6) is 0.134. The molecule has 1 heterocycles. The number of aliphatic hydroxyl groups is 1. The summed E-state index contributed by atoms with van der Waals surface area (Å²) in [6.45, 7) is 24.6. The van der Waals surface area contributed by atoms with Crippen LogP contribution in [0, 0.1) is 5.92 Å². The van der Waals surface area contributed by atoms with Crippen LogP contribution in [-0.4, -0.2) is 50.9 Å². The van der Waals surface area contributed by atoms with Crippen molar-refractivity contribution in [2.45, 2.75) is 103 Å². The van der Waals surface area contributed by atoms with Gasteiger partial charge in [-0.3, -0.25) is 4.79 Å². The van der Waals surface area contributed by atoms with E-state index in [1.54, 1.807) is 0 Å². The second-order valence-electron chi connectivity index (χ2n) is 11.2. The van der Waals surface area contributed by atoms with Gasteiger partial charge in [-0.25, -0.2) is 0 Å². The molecule has 0 spiro atoms. The van der Waals surface area contributed by atoms with Crippen LogP contribution in [0.1, 0.15) is 54.9 Å². The largest absolute Gasteiger partial charge is 0.413 e. The van der Waals surface area contributed by atoms with E-state index >= 15 is 0 Å². The van der Waals surface area contributed by atoms with Crippen LogP contribution in [-0.2, 0) is 9.22 Å². The number of nitrogens with zero attached hydrogens (tertiary/aromatic N) is 1. The molecule has 1 aliphatic rings. The summed E-state index contributed by atoms with van der Waals surface area (Å²) < 4.78 is 9.58. The van der Waals surface area contributed by atoms with E-state index in [9.17, 15) is 9.90 Å². The van der Waals surface area contributed by atoms with E-state index in [0.717, 1.165) is 10.9 Å². The van der Waals surface area contributed by atoms with Crippen LogP contribution in [0.4, 0.5) is 0 Å². The van der Waals surface area contributed by atoms with Crippen molar-refractivity contribution in [3.63, 3.8) is 0 Å². The number of aliphatic hydroxyl groups excluding tert-OH is 1. The lowest BCUT2D eigenvalue weighted by molar-refractivity contribution is -0.154. The van der Waals surface area contributed by atoms with Crippen molar-refractivity contribution in [1.82, 2.24) is 4.57 Å². The Morgan fingerprint density at radius 2 is 1.68 bits per heavy atom. The fraction of sp³-hybridized carbons (Fsp3) is 0.857. The average molecular weight is 493 g/mol. The molecule has 1 aliphatic heterocycles. The highest BCUT2D eigenvalue weighted by atomic mass is 79.9. The van der Waals surface area contributed by atoms with Crippen molar-refractivity contribution in [2.75, 3.05) is 6.61 Å². The van der Waals surface area contributed by atoms with Gasteiger partial charge in [0.25, 0.3) is 0 Å². The maximum Gasteiger partial charge on any atom is 0.222 e. The number of amides is 1. The van der Waals surface area contributed by atoms with Crippen LogP contribution >= 0.6 is 15.9 Å². The predicted octanol–water partition coefficient (Wildman–Crippen LogP) is 5.89. The number of hydrogen-bond donors (Lipinski definition) is 1. The van der Waals surface area contributed by atoms with Gasteiger partial charge in [0.2, 0.25) is 5.91 Å². The van der Waals surface area contributed by atoms with E-state index in [2.05, 4.69) is 95.1 Å². The molecule has 3 atom stereocenters. The molecule has 1 saturated heterocycles. The lowest BCUT2D eigenvalue weighted by atomic mass is 9.84. The van der Waals surface area contributed by atoms with Gasteiger partial charge in [0.15, 0.2) is 16.6 Å². The molecule has 4 nitrogen and oxygen atoms in total. The van der Waals surface area contributed by atoms with Gasteiger partial charge in [-0.2, -0.15) is 0 Å². The molecule has 0 aromatic heterocycles. The van der Waals surface area contributed by atoms with Crippen LogP contribution in [0.3, 0.4) is 0 Å². The molecule has 1 amide bonds. The molecule has 1 rings (SSSR count). The zero-order chi connectivity index (χ0) is 22.3. The monoisotopic (exact) mass is 491 g/mol. The molecule has 7 heteroatoms. The molecule has 0 aromatic rings. The topological polar surface area (TPSA) is 49.8 Å². The summed E-state index contributed by atoms with van der Waals surface area (Å²) in [4.78, 5) is 13.4. The minimum absolute atomic E-state index is 0.0125. The minimum Gasteiger partial charge on any atom is -0.413 e. The number of β-lactam (4-membered cyclic amide) rings is 1. The molecule has 0 aromatic carbocycles. The van der Waals surface area contributed by atoms with Gasteiger partial charge in [0.05, 0.1) is 18.6 Å². The van der Waals surface area contributed by atoms with E-state index in [1.807, 2.05) is 6.08 Å². The number of rotatable bonds is 7. The number of carbonyl (C=O) groups is 1. The van der Waals surface area contributed by atoms with Gasteiger partial charge in [-0.1, -0.05) is 76.6 Å². The van der Waals surface area contributed by atoms with E-state index in [4.69, 9.17) is 4.43 Å².